The number of likely N-dealkylation sites (N-methyl/N-ethyl adjacent to an activating group) is 1. The molecule has 2 aromatic carbocycles. The molecular weight excluding hydrogens is 597 g/mol. The summed E-state index contributed by atoms with van der Waals surface area (Å²) in [6, 6.07) is 9.21. The Morgan fingerprint density at radius 2 is 2.07 bits per heavy atom. The third-order valence-corrected chi connectivity index (χ3v) is 9.44. The molecule has 0 aliphatic carbocycles. The van der Waals surface area contributed by atoms with E-state index in [1.165, 1.54) is 12.1 Å². The van der Waals surface area contributed by atoms with Gasteiger partial charge in [-0.05, 0) is 44.1 Å². The summed E-state index contributed by atoms with van der Waals surface area (Å²) < 4.78 is 26.6. The van der Waals surface area contributed by atoms with E-state index < -0.39 is 5.82 Å². The summed E-state index contributed by atoms with van der Waals surface area (Å²) in [5, 5.41) is 1.65. The van der Waals surface area contributed by atoms with Crippen molar-refractivity contribution < 1.29 is 18.7 Å². The Labute approximate surface area is 267 Å². The number of ether oxygens (including phenoxy) is 2. The van der Waals surface area contributed by atoms with Crippen LogP contribution in [0.15, 0.2) is 43.0 Å². The minimum absolute atomic E-state index is 0.105. The second kappa shape index (κ2) is 13.2. The molecule has 10 nitrogen and oxygen atoms in total. The largest absolute Gasteiger partial charge is 0.463 e. The summed E-state index contributed by atoms with van der Waals surface area (Å²) in [4.78, 5) is 34.2. The molecule has 0 radical (unpaired) electrons. The summed E-state index contributed by atoms with van der Waals surface area (Å²) in [6.45, 7) is 15.6. The number of fused-ring (bicyclic) bond motifs is 2. The van der Waals surface area contributed by atoms with Crippen molar-refractivity contribution in [2.24, 2.45) is 5.92 Å². The highest BCUT2D eigenvalue weighted by molar-refractivity contribution is 6.36. The molecule has 0 spiro atoms. The second-order valence-electron chi connectivity index (χ2n) is 12.0. The summed E-state index contributed by atoms with van der Waals surface area (Å²) in [7, 11) is 4.08. The van der Waals surface area contributed by atoms with Gasteiger partial charge in [-0.1, -0.05) is 36.4 Å². The Hall–Kier alpha value is -3.98. The molecule has 3 aromatic rings. The van der Waals surface area contributed by atoms with Crippen molar-refractivity contribution >= 4 is 39.8 Å². The van der Waals surface area contributed by atoms with Gasteiger partial charge in [0.1, 0.15) is 17.7 Å². The lowest BCUT2D eigenvalue weighted by atomic mass is 10.0. The molecule has 3 aliphatic rings. The van der Waals surface area contributed by atoms with Gasteiger partial charge in [-0.3, -0.25) is 4.79 Å². The number of carbonyl (C=O) groups is 1. The Bertz CT molecular complexity index is 1650. The fourth-order valence-electron chi connectivity index (χ4n) is 6.69. The molecule has 0 saturated carbocycles. The summed E-state index contributed by atoms with van der Waals surface area (Å²) in [5.74, 6) is 0.310. The number of hydrogen-bond donors (Lipinski definition) is 0. The molecule has 2 saturated heterocycles. The molecule has 4 heterocycles. The van der Waals surface area contributed by atoms with Crippen LogP contribution in [0.3, 0.4) is 0 Å². The van der Waals surface area contributed by atoms with Gasteiger partial charge in [0.2, 0.25) is 12.5 Å². The number of halogens is 2. The van der Waals surface area contributed by atoms with Crippen molar-refractivity contribution in [3.05, 3.63) is 76.5 Å². The Kier molecular flexibility index (Phi) is 9.08. The molecule has 1 unspecified atom stereocenters. The highest BCUT2D eigenvalue weighted by atomic mass is 35.5. The molecule has 12 heteroatoms. The molecule has 1 aromatic heterocycles. The minimum Gasteiger partial charge on any atom is -0.463 e. The van der Waals surface area contributed by atoms with Gasteiger partial charge in [-0.2, -0.15) is 9.97 Å². The number of nitrogens with zero attached hydrogens (tertiary/aromatic N) is 7. The molecule has 6 rings (SSSR count). The first-order valence-corrected chi connectivity index (χ1v) is 15.6. The zero-order valence-corrected chi connectivity index (χ0v) is 26.3. The lowest BCUT2D eigenvalue weighted by Crippen LogP contribution is -2.56. The normalized spacial score (nSPS) is 21.6. The quantitative estimate of drug-likeness (QED) is 0.272. The molecule has 0 bridgehead atoms. The summed E-state index contributed by atoms with van der Waals surface area (Å²) in [6.07, 6.45) is 1.95. The smallest absolute Gasteiger partial charge is 0.318 e. The van der Waals surface area contributed by atoms with Crippen LogP contribution >= 0.6 is 11.6 Å². The molecule has 2 fully saturated rings. The van der Waals surface area contributed by atoms with E-state index in [-0.39, 0.29) is 41.5 Å². The van der Waals surface area contributed by atoms with Gasteiger partial charge in [-0.15, -0.1) is 0 Å². The zero-order chi connectivity index (χ0) is 31.7. The second-order valence-corrected chi connectivity index (χ2v) is 12.4. The SMILES string of the molecule is [C-]#[N+]CC1CN(c2nc(OC[C@H]3COC[C@@H]3N(C)C)nc3c2CCN(c2cccc4ccc(F)c(Cl)c24)C3)CCN1C(=O)C=C. The third kappa shape index (κ3) is 6.15. The van der Waals surface area contributed by atoms with Gasteiger partial charge in [0.25, 0.3) is 0 Å². The van der Waals surface area contributed by atoms with E-state index in [1.807, 2.05) is 32.3 Å². The Balaban J connectivity index is 1.35. The van der Waals surface area contributed by atoms with Gasteiger partial charge in [0, 0.05) is 54.8 Å². The van der Waals surface area contributed by atoms with E-state index in [0.717, 1.165) is 28.1 Å². The first-order valence-electron chi connectivity index (χ1n) is 15.2. The van der Waals surface area contributed by atoms with Crippen molar-refractivity contribution in [3.63, 3.8) is 0 Å². The maximum atomic E-state index is 14.6. The molecule has 0 N–H and O–H groups in total. The summed E-state index contributed by atoms with van der Waals surface area (Å²) in [5.41, 5.74) is 2.68. The van der Waals surface area contributed by atoms with Crippen molar-refractivity contribution in [1.29, 1.82) is 0 Å². The molecular formula is C33H37ClFN7O3. The molecule has 3 atom stereocenters. The molecule has 1 amide bonds. The van der Waals surface area contributed by atoms with Crippen molar-refractivity contribution in [2.75, 3.05) is 76.4 Å². The van der Waals surface area contributed by atoms with Crippen molar-refractivity contribution in [2.45, 2.75) is 25.0 Å². The van der Waals surface area contributed by atoms with Gasteiger partial charge in [-0.25, -0.2) is 11.0 Å². The van der Waals surface area contributed by atoms with Gasteiger partial charge < -0.3 is 33.9 Å². The topological polar surface area (TPSA) is 78.6 Å². The number of carbonyl (C=O) groups excluding carboxylic acids is 1. The molecule has 236 valence electrons. The number of amides is 1. The maximum Gasteiger partial charge on any atom is 0.318 e. The fraction of sp³-hybridized carbons (Fsp3) is 0.455. The number of piperazine rings is 1. The Morgan fingerprint density at radius 1 is 1.22 bits per heavy atom. The van der Waals surface area contributed by atoms with E-state index in [9.17, 15) is 9.18 Å². The van der Waals surface area contributed by atoms with Crippen LogP contribution in [0, 0.1) is 18.3 Å². The number of rotatable bonds is 8. The monoisotopic (exact) mass is 633 g/mol. The highest BCUT2D eigenvalue weighted by Crippen LogP contribution is 2.38. The van der Waals surface area contributed by atoms with Crippen LogP contribution in [0.25, 0.3) is 15.6 Å². The van der Waals surface area contributed by atoms with Crippen LogP contribution in [0.2, 0.25) is 5.02 Å². The lowest BCUT2D eigenvalue weighted by molar-refractivity contribution is -0.128. The third-order valence-electron chi connectivity index (χ3n) is 9.07. The van der Waals surface area contributed by atoms with Crippen LogP contribution in [0.1, 0.15) is 11.3 Å². The first-order chi connectivity index (χ1) is 21.8. The maximum absolute atomic E-state index is 14.6. The van der Waals surface area contributed by atoms with Crippen LogP contribution < -0.4 is 14.5 Å². The van der Waals surface area contributed by atoms with Crippen LogP contribution in [-0.4, -0.2) is 104 Å². The van der Waals surface area contributed by atoms with E-state index >= 15 is 0 Å². The first kappa shape index (κ1) is 31.0. The molecule has 3 aliphatic heterocycles. The van der Waals surface area contributed by atoms with Gasteiger partial charge in [0.15, 0.2) is 0 Å². The Morgan fingerprint density at radius 3 is 2.84 bits per heavy atom. The van der Waals surface area contributed by atoms with Crippen LogP contribution in [-0.2, 0) is 22.5 Å². The summed E-state index contributed by atoms with van der Waals surface area (Å²) >= 11 is 6.50. The lowest BCUT2D eigenvalue weighted by Gasteiger charge is -2.41. The fourth-order valence-corrected chi connectivity index (χ4v) is 6.96. The number of anilines is 2. The van der Waals surface area contributed by atoms with E-state index in [1.54, 1.807) is 11.0 Å². The van der Waals surface area contributed by atoms with E-state index in [4.69, 9.17) is 37.6 Å². The number of aromatic nitrogens is 2. The average Bonchev–Trinajstić information content (AvgIpc) is 3.53. The van der Waals surface area contributed by atoms with Crippen LogP contribution in [0.4, 0.5) is 15.9 Å². The van der Waals surface area contributed by atoms with E-state index in [0.29, 0.717) is 64.4 Å². The minimum atomic E-state index is -0.454. The standard InChI is InChI=1S/C33H37ClFN7O3/c1-5-29(43)42-14-13-41(16-23(42)15-36-2)32-24-11-12-40(27-8-6-7-21-9-10-25(35)31(34)30(21)27)17-26(24)37-33(38-32)45-19-22-18-44-20-28(22)39(3)4/h5-10,22-23,28H,1,11-20H2,3-4H3/t22-,23?,28+/m1/s1. The van der Waals surface area contributed by atoms with Crippen LogP contribution in [0.5, 0.6) is 6.01 Å². The number of hydrogen-bond acceptors (Lipinski definition) is 8. The van der Waals surface area contributed by atoms with Gasteiger partial charge in [0.05, 0.1) is 37.1 Å². The average molecular weight is 634 g/mol. The van der Waals surface area contributed by atoms with E-state index in [2.05, 4.69) is 26.1 Å². The van der Waals surface area contributed by atoms with Crippen molar-refractivity contribution in [1.82, 2.24) is 19.8 Å². The predicted molar refractivity (Wildman–Crippen MR) is 172 cm³/mol. The van der Waals surface area contributed by atoms with Gasteiger partial charge >= 0.3 is 6.01 Å². The zero-order valence-electron chi connectivity index (χ0n) is 25.6. The predicted octanol–water partition coefficient (Wildman–Crippen LogP) is 4.06. The highest BCUT2D eigenvalue weighted by Gasteiger charge is 2.36. The molecule has 45 heavy (non-hydrogen) atoms. The van der Waals surface area contributed by atoms with Crippen molar-refractivity contribution in [3.8, 4) is 6.01 Å². The number of benzene rings is 2.